The van der Waals surface area contributed by atoms with Crippen LogP contribution in [-0.2, 0) is 5.41 Å². The van der Waals surface area contributed by atoms with E-state index in [4.69, 9.17) is 4.74 Å². The standard InChI is InChI=1S/C17H29NO/c1-12(2)10-13(3)18-15-11-14(17(4,5)6)8-9-16(15)19-7/h8-9,11-13,18H,10H2,1-7H3. The average Bonchev–Trinajstić information content (AvgIpc) is 2.26. The van der Waals surface area contributed by atoms with Crippen molar-refractivity contribution in [1.29, 1.82) is 0 Å². The van der Waals surface area contributed by atoms with Crippen LogP contribution < -0.4 is 10.1 Å². The van der Waals surface area contributed by atoms with Crippen molar-refractivity contribution >= 4 is 5.69 Å². The van der Waals surface area contributed by atoms with Crippen molar-refractivity contribution in [3.05, 3.63) is 23.8 Å². The first-order chi connectivity index (χ1) is 8.74. The molecule has 1 aromatic rings. The molecule has 0 aromatic heterocycles. The van der Waals surface area contributed by atoms with Crippen molar-refractivity contribution in [2.24, 2.45) is 5.92 Å². The largest absolute Gasteiger partial charge is 0.495 e. The molecule has 0 spiro atoms. The molecule has 0 saturated heterocycles. The van der Waals surface area contributed by atoms with Crippen molar-refractivity contribution < 1.29 is 4.74 Å². The summed E-state index contributed by atoms with van der Waals surface area (Å²) in [6.07, 6.45) is 1.16. The van der Waals surface area contributed by atoms with Gasteiger partial charge in [0.25, 0.3) is 0 Å². The normalized spacial score (nSPS) is 13.5. The minimum absolute atomic E-state index is 0.157. The Labute approximate surface area is 118 Å². The third-order valence-corrected chi connectivity index (χ3v) is 3.29. The molecule has 0 fully saturated rings. The van der Waals surface area contributed by atoms with Crippen LogP contribution in [0.2, 0.25) is 0 Å². The van der Waals surface area contributed by atoms with Gasteiger partial charge in [-0.1, -0.05) is 40.7 Å². The minimum Gasteiger partial charge on any atom is -0.495 e. The van der Waals surface area contributed by atoms with Crippen molar-refractivity contribution in [1.82, 2.24) is 0 Å². The maximum Gasteiger partial charge on any atom is 0.141 e. The molecular weight excluding hydrogens is 234 g/mol. The Balaban J connectivity index is 2.96. The average molecular weight is 263 g/mol. The van der Waals surface area contributed by atoms with E-state index >= 15 is 0 Å². The van der Waals surface area contributed by atoms with Crippen molar-refractivity contribution in [3.63, 3.8) is 0 Å². The summed E-state index contributed by atoms with van der Waals surface area (Å²) in [6, 6.07) is 6.88. The van der Waals surface area contributed by atoms with Gasteiger partial charge in [0.2, 0.25) is 0 Å². The summed E-state index contributed by atoms with van der Waals surface area (Å²) in [5, 5.41) is 3.58. The highest BCUT2D eigenvalue weighted by Crippen LogP contribution is 2.32. The van der Waals surface area contributed by atoms with Gasteiger partial charge in [-0.15, -0.1) is 0 Å². The first-order valence-corrected chi connectivity index (χ1v) is 7.19. The van der Waals surface area contributed by atoms with Crippen LogP contribution in [0.5, 0.6) is 5.75 Å². The van der Waals surface area contributed by atoms with Crippen LogP contribution in [0.4, 0.5) is 5.69 Å². The maximum atomic E-state index is 5.46. The number of nitrogens with one attached hydrogen (secondary N) is 1. The third kappa shape index (κ3) is 4.77. The van der Waals surface area contributed by atoms with Crippen LogP contribution in [0.1, 0.15) is 53.5 Å². The molecule has 0 aliphatic carbocycles. The van der Waals surface area contributed by atoms with Gasteiger partial charge in [0.15, 0.2) is 0 Å². The van der Waals surface area contributed by atoms with Gasteiger partial charge >= 0.3 is 0 Å². The molecule has 1 rings (SSSR count). The number of hydrogen-bond acceptors (Lipinski definition) is 2. The molecule has 2 heteroatoms. The summed E-state index contributed by atoms with van der Waals surface area (Å²) in [7, 11) is 1.73. The van der Waals surface area contributed by atoms with E-state index in [2.05, 4.69) is 65.1 Å². The van der Waals surface area contributed by atoms with Gasteiger partial charge < -0.3 is 10.1 Å². The summed E-state index contributed by atoms with van der Waals surface area (Å²) >= 11 is 0. The quantitative estimate of drug-likeness (QED) is 0.820. The van der Waals surface area contributed by atoms with Gasteiger partial charge in [0.1, 0.15) is 5.75 Å². The van der Waals surface area contributed by atoms with Crippen LogP contribution in [0, 0.1) is 5.92 Å². The highest BCUT2D eigenvalue weighted by molar-refractivity contribution is 5.59. The number of benzene rings is 1. The maximum absolute atomic E-state index is 5.46. The smallest absolute Gasteiger partial charge is 0.141 e. The molecule has 0 radical (unpaired) electrons. The Morgan fingerprint density at radius 1 is 1.16 bits per heavy atom. The summed E-state index contributed by atoms with van der Waals surface area (Å²) in [4.78, 5) is 0. The van der Waals surface area contributed by atoms with Crippen LogP contribution in [0.3, 0.4) is 0 Å². The van der Waals surface area contributed by atoms with E-state index < -0.39 is 0 Å². The van der Waals surface area contributed by atoms with E-state index in [1.165, 1.54) is 5.56 Å². The van der Waals surface area contributed by atoms with Gasteiger partial charge in [-0.05, 0) is 42.4 Å². The van der Waals surface area contributed by atoms with Crippen molar-refractivity contribution in [2.75, 3.05) is 12.4 Å². The first-order valence-electron chi connectivity index (χ1n) is 7.19. The second-order valence-corrected chi connectivity index (χ2v) is 6.84. The number of ether oxygens (including phenoxy) is 1. The molecule has 0 bridgehead atoms. The lowest BCUT2D eigenvalue weighted by molar-refractivity contribution is 0.414. The predicted molar refractivity (Wildman–Crippen MR) is 84.2 cm³/mol. The summed E-state index contributed by atoms with van der Waals surface area (Å²) in [6.45, 7) is 13.4. The van der Waals surface area contributed by atoms with Gasteiger partial charge in [-0.3, -0.25) is 0 Å². The zero-order valence-electron chi connectivity index (χ0n) is 13.5. The molecule has 19 heavy (non-hydrogen) atoms. The summed E-state index contributed by atoms with van der Waals surface area (Å²) in [5.74, 6) is 1.61. The second-order valence-electron chi connectivity index (χ2n) is 6.84. The van der Waals surface area contributed by atoms with Gasteiger partial charge in [-0.25, -0.2) is 0 Å². The van der Waals surface area contributed by atoms with E-state index in [9.17, 15) is 0 Å². The predicted octanol–water partition coefficient (Wildman–Crippen LogP) is 4.84. The Bertz CT molecular complexity index is 404. The lowest BCUT2D eigenvalue weighted by Gasteiger charge is -2.24. The molecule has 1 aromatic carbocycles. The van der Waals surface area contributed by atoms with E-state index in [0.29, 0.717) is 12.0 Å². The topological polar surface area (TPSA) is 21.3 Å². The Morgan fingerprint density at radius 3 is 2.26 bits per heavy atom. The fraction of sp³-hybridized carbons (Fsp3) is 0.647. The SMILES string of the molecule is COc1ccc(C(C)(C)C)cc1NC(C)CC(C)C. The molecule has 0 aliphatic rings. The number of rotatable bonds is 5. The van der Waals surface area contributed by atoms with E-state index in [1.807, 2.05) is 0 Å². The number of anilines is 1. The fourth-order valence-corrected chi connectivity index (χ4v) is 2.32. The van der Waals surface area contributed by atoms with E-state index in [1.54, 1.807) is 7.11 Å². The summed E-state index contributed by atoms with van der Waals surface area (Å²) in [5.41, 5.74) is 2.58. The number of hydrogen-bond donors (Lipinski definition) is 1. The van der Waals surface area contributed by atoms with Crippen LogP contribution >= 0.6 is 0 Å². The van der Waals surface area contributed by atoms with Gasteiger partial charge in [0, 0.05) is 6.04 Å². The van der Waals surface area contributed by atoms with Crippen LogP contribution in [-0.4, -0.2) is 13.2 Å². The summed E-state index contributed by atoms with van der Waals surface area (Å²) < 4.78 is 5.46. The Morgan fingerprint density at radius 2 is 1.79 bits per heavy atom. The Kier molecular flexibility index (Phi) is 5.28. The van der Waals surface area contributed by atoms with Crippen molar-refractivity contribution in [2.45, 2.75) is 59.4 Å². The fourth-order valence-electron chi connectivity index (χ4n) is 2.32. The molecule has 108 valence electrons. The molecule has 0 heterocycles. The van der Waals surface area contributed by atoms with Crippen molar-refractivity contribution in [3.8, 4) is 5.75 Å². The zero-order valence-corrected chi connectivity index (χ0v) is 13.5. The molecule has 0 amide bonds. The highest BCUT2D eigenvalue weighted by atomic mass is 16.5. The van der Waals surface area contributed by atoms with Crippen LogP contribution in [0.15, 0.2) is 18.2 Å². The molecule has 1 atom stereocenters. The lowest BCUT2D eigenvalue weighted by Crippen LogP contribution is -2.19. The lowest BCUT2D eigenvalue weighted by atomic mass is 9.86. The van der Waals surface area contributed by atoms with Crippen LogP contribution in [0.25, 0.3) is 0 Å². The molecule has 1 N–H and O–H groups in total. The molecule has 0 saturated carbocycles. The molecule has 1 unspecified atom stereocenters. The monoisotopic (exact) mass is 263 g/mol. The minimum atomic E-state index is 0.157. The van der Waals surface area contributed by atoms with Gasteiger partial charge in [-0.2, -0.15) is 0 Å². The molecule has 2 nitrogen and oxygen atoms in total. The molecular formula is C17H29NO. The zero-order chi connectivity index (χ0) is 14.6. The third-order valence-electron chi connectivity index (χ3n) is 3.29. The second kappa shape index (κ2) is 6.31. The van der Waals surface area contributed by atoms with E-state index in [-0.39, 0.29) is 5.41 Å². The Hall–Kier alpha value is -1.18. The van der Waals surface area contributed by atoms with Gasteiger partial charge in [0.05, 0.1) is 12.8 Å². The molecule has 0 aliphatic heterocycles. The first kappa shape index (κ1) is 15.9. The highest BCUT2D eigenvalue weighted by Gasteiger charge is 2.16. The van der Waals surface area contributed by atoms with E-state index in [0.717, 1.165) is 17.9 Å². The number of methoxy groups -OCH3 is 1.